The number of anilines is 2. The van der Waals surface area contributed by atoms with Crippen molar-refractivity contribution in [1.29, 1.82) is 0 Å². The van der Waals surface area contributed by atoms with Crippen LogP contribution in [-0.4, -0.2) is 31.8 Å². The number of urea groups is 1. The Morgan fingerprint density at radius 1 is 1.45 bits per heavy atom. The van der Waals surface area contributed by atoms with Crippen molar-refractivity contribution >= 4 is 17.4 Å². The molecule has 1 atom stereocenters. The minimum atomic E-state index is -0.0251. The van der Waals surface area contributed by atoms with Crippen LogP contribution in [0.15, 0.2) is 36.6 Å². The normalized spacial score (nSPS) is 21.5. The van der Waals surface area contributed by atoms with E-state index in [0.717, 1.165) is 37.3 Å². The Kier molecular flexibility index (Phi) is 3.76. The molecule has 2 aliphatic heterocycles. The SMILES string of the molecule is O=C1NCCN1c1cccc(NCC2CCC=CO2)c1. The molecule has 1 aromatic rings. The predicted octanol–water partition coefficient (Wildman–Crippen LogP) is 2.32. The molecule has 0 bridgehead atoms. The molecule has 5 nitrogen and oxygen atoms in total. The predicted molar refractivity (Wildman–Crippen MR) is 78.9 cm³/mol. The van der Waals surface area contributed by atoms with Crippen molar-refractivity contribution in [2.75, 3.05) is 29.9 Å². The maximum absolute atomic E-state index is 11.7. The van der Waals surface area contributed by atoms with Crippen LogP contribution >= 0.6 is 0 Å². The molecule has 0 spiro atoms. The quantitative estimate of drug-likeness (QED) is 0.885. The van der Waals surface area contributed by atoms with E-state index in [-0.39, 0.29) is 12.1 Å². The second-order valence-corrected chi connectivity index (χ2v) is 5.02. The van der Waals surface area contributed by atoms with Gasteiger partial charge in [0.25, 0.3) is 0 Å². The van der Waals surface area contributed by atoms with E-state index in [2.05, 4.69) is 10.6 Å². The lowest BCUT2D eigenvalue weighted by atomic mass is 10.1. The van der Waals surface area contributed by atoms with E-state index in [4.69, 9.17) is 4.74 Å². The highest BCUT2D eigenvalue weighted by atomic mass is 16.5. The van der Waals surface area contributed by atoms with Gasteiger partial charge in [-0.05, 0) is 37.1 Å². The van der Waals surface area contributed by atoms with Crippen LogP contribution in [0.3, 0.4) is 0 Å². The Labute approximate surface area is 118 Å². The fraction of sp³-hybridized carbons (Fsp3) is 0.400. The molecule has 1 aromatic carbocycles. The van der Waals surface area contributed by atoms with Gasteiger partial charge in [-0.2, -0.15) is 0 Å². The second kappa shape index (κ2) is 5.86. The summed E-state index contributed by atoms with van der Waals surface area (Å²) >= 11 is 0. The van der Waals surface area contributed by atoms with Gasteiger partial charge in [-0.1, -0.05) is 6.07 Å². The molecule has 2 N–H and O–H groups in total. The number of carbonyl (C=O) groups excluding carboxylic acids is 1. The summed E-state index contributed by atoms with van der Waals surface area (Å²) in [4.78, 5) is 13.4. The van der Waals surface area contributed by atoms with Gasteiger partial charge in [0.15, 0.2) is 0 Å². The molecule has 5 heteroatoms. The Morgan fingerprint density at radius 2 is 2.40 bits per heavy atom. The molecule has 0 saturated carbocycles. The van der Waals surface area contributed by atoms with Gasteiger partial charge in [-0.25, -0.2) is 4.79 Å². The summed E-state index contributed by atoms with van der Waals surface area (Å²) in [6.45, 7) is 2.21. The smallest absolute Gasteiger partial charge is 0.321 e. The Balaban J connectivity index is 1.62. The average molecular weight is 273 g/mol. The maximum Gasteiger partial charge on any atom is 0.321 e. The largest absolute Gasteiger partial charge is 0.497 e. The van der Waals surface area contributed by atoms with Crippen molar-refractivity contribution in [3.05, 3.63) is 36.6 Å². The third-order valence-electron chi connectivity index (χ3n) is 3.57. The van der Waals surface area contributed by atoms with E-state index < -0.39 is 0 Å². The van der Waals surface area contributed by atoms with E-state index in [1.54, 1.807) is 11.2 Å². The fourth-order valence-corrected chi connectivity index (χ4v) is 2.47. The van der Waals surface area contributed by atoms with E-state index in [1.807, 2.05) is 30.3 Å². The zero-order chi connectivity index (χ0) is 13.8. The van der Waals surface area contributed by atoms with Crippen LogP contribution < -0.4 is 15.5 Å². The van der Waals surface area contributed by atoms with Crippen molar-refractivity contribution in [2.45, 2.75) is 18.9 Å². The number of hydrogen-bond acceptors (Lipinski definition) is 3. The van der Waals surface area contributed by atoms with Crippen LogP contribution in [0.4, 0.5) is 16.2 Å². The summed E-state index contributed by atoms with van der Waals surface area (Å²) in [5.41, 5.74) is 1.94. The Hall–Kier alpha value is -2.17. The van der Waals surface area contributed by atoms with Crippen molar-refractivity contribution in [3.63, 3.8) is 0 Å². The molecule has 1 saturated heterocycles. The van der Waals surface area contributed by atoms with Gasteiger partial charge in [-0.3, -0.25) is 4.90 Å². The summed E-state index contributed by atoms with van der Waals surface area (Å²) in [6, 6.07) is 7.91. The fourth-order valence-electron chi connectivity index (χ4n) is 2.47. The molecular weight excluding hydrogens is 254 g/mol. The second-order valence-electron chi connectivity index (χ2n) is 5.02. The number of amides is 2. The van der Waals surface area contributed by atoms with Crippen molar-refractivity contribution < 1.29 is 9.53 Å². The number of benzene rings is 1. The standard InChI is InChI=1S/C15H19N3O2/c19-15-16-7-8-18(15)13-5-3-4-12(10-13)17-11-14-6-1-2-9-20-14/h2-5,9-10,14,17H,1,6-8,11H2,(H,16,19). The summed E-state index contributed by atoms with van der Waals surface area (Å²) in [5.74, 6) is 0. The molecule has 2 aliphatic rings. The minimum absolute atomic E-state index is 0.0251. The first kappa shape index (κ1) is 12.8. The lowest BCUT2D eigenvalue weighted by Gasteiger charge is -2.21. The van der Waals surface area contributed by atoms with Crippen molar-refractivity contribution in [2.24, 2.45) is 0 Å². The Morgan fingerprint density at radius 3 is 3.15 bits per heavy atom. The van der Waals surface area contributed by atoms with Gasteiger partial charge in [-0.15, -0.1) is 0 Å². The number of allylic oxidation sites excluding steroid dienone is 1. The molecule has 3 rings (SSSR count). The van der Waals surface area contributed by atoms with Crippen molar-refractivity contribution in [3.8, 4) is 0 Å². The van der Waals surface area contributed by atoms with E-state index in [1.165, 1.54) is 0 Å². The molecule has 2 heterocycles. The summed E-state index contributed by atoms with van der Waals surface area (Å²) < 4.78 is 5.53. The molecule has 1 unspecified atom stereocenters. The highest BCUT2D eigenvalue weighted by Crippen LogP contribution is 2.21. The number of ether oxygens (including phenoxy) is 1. The molecule has 0 aliphatic carbocycles. The number of nitrogens with zero attached hydrogens (tertiary/aromatic N) is 1. The first-order valence-corrected chi connectivity index (χ1v) is 7.03. The molecule has 1 fully saturated rings. The first-order chi connectivity index (χ1) is 9.83. The third kappa shape index (κ3) is 2.87. The molecular formula is C15H19N3O2. The highest BCUT2D eigenvalue weighted by Gasteiger charge is 2.21. The molecule has 0 radical (unpaired) electrons. The third-order valence-corrected chi connectivity index (χ3v) is 3.57. The monoisotopic (exact) mass is 273 g/mol. The van der Waals surface area contributed by atoms with Crippen LogP contribution in [0, 0.1) is 0 Å². The van der Waals surface area contributed by atoms with E-state index in [9.17, 15) is 4.79 Å². The molecule has 0 aromatic heterocycles. The zero-order valence-electron chi connectivity index (χ0n) is 11.3. The van der Waals surface area contributed by atoms with Crippen LogP contribution in [0.1, 0.15) is 12.8 Å². The molecule has 20 heavy (non-hydrogen) atoms. The maximum atomic E-state index is 11.7. The topological polar surface area (TPSA) is 53.6 Å². The molecule has 2 amide bonds. The van der Waals surface area contributed by atoms with Crippen molar-refractivity contribution in [1.82, 2.24) is 5.32 Å². The minimum Gasteiger partial charge on any atom is -0.497 e. The lowest BCUT2D eigenvalue weighted by molar-refractivity contribution is 0.135. The lowest BCUT2D eigenvalue weighted by Crippen LogP contribution is -2.27. The van der Waals surface area contributed by atoms with Gasteiger partial charge in [0.05, 0.1) is 12.8 Å². The van der Waals surface area contributed by atoms with E-state index in [0.29, 0.717) is 6.54 Å². The highest BCUT2D eigenvalue weighted by molar-refractivity contribution is 5.94. The van der Waals surface area contributed by atoms with Crippen LogP contribution in [0.5, 0.6) is 0 Å². The number of nitrogens with one attached hydrogen (secondary N) is 2. The Bertz CT molecular complexity index is 516. The van der Waals surface area contributed by atoms with Gasteiger partial charge in [0.1, 0.15) is 6.10 Å². The summed E-state index contributed by atoms with van der Waals surface area (Å²) in [5, 5.41) is 6.19. The van der Waals surface area contributed by atoms with Gasteiger partial charge in [0, 0.05) is 24.5 Å². The number of carbonyl (C=O) groups is 1. The first-order valence-electron chi connectivity index (χ1n) is 7.03. The average Bonchev–Trinajstić information content (AvgIpc) is 2.93. The molecule has 106 valence electrons. The summed E-state index contributed by atoms with van der Waals surface area (Å²) in [6.07, 6.45) is 6.15. The van der Waals surface area contributed by atoms with Crippen LogP contribution in [0.2, 0.25) is 0 Å². The van der Waals surface area contributed by atoms with Gasteiger partial charge >= 0.3 is 6.03 Å². The van der Waals surface area contributed by atoms with E-state index >= 15 is 0 Å². The number of rotatable bonds is 4. The van der Waals surface area contributed by atoms with Crippen LogP contribution in [0.25, 0.3) is 0 Å². The number of hydrogen-bond donors (Lipinski definition) is 2. The van der Waals surface area contributed by atoms with Gasteiger partial charge in [0.2, 0.25) is 0 Å². The zero-order valence-corrected chi connectivity index (χ0v) is 11.3. The van der Waals surface area contributed by atoms with Crippen LogP contribution in [-0.2, 0) is 4.74 Å². The summed E-state index contributed by atoms with van der Waals surface area (Å²) in [7, 11) is 0. The van der Waals surface area contributed by atoms with Gasteiger partial charge < -0.3 is 15.4 Å².